The van der Waals surface area contributed by atoms with Gasteiger partial charge in [0.05, 0.1) is 5.56 Å². The van der Waals surface area contributed by atoms with Gasteiger partial charge in [-0.15, -0.1) is 0 Å². The van der Waals surface area contributed by atoms with Gasteiger partial charge in [-0.1, -0.05) is 12.1 Å². The Kier molecular flexibility index (Phi) is 5.25. The summed E-state index contributed by atoms with van der Waals surface area (Å²) in [7, 11) is 0. The highest BCUT2D eigenvalue weighted by Crippen LogP contribution is 2.23. The zero-order valence-electron chi connectivity index (χ0n) is 15.5. The van der Waals surface area contributed by atoms with E-state index in [4.69, 9.17) is 5.73 Å². The summed E-state index contributed by atoms with van der Waals surface area (Å²) in [4.78, 5) is 28.3. The van der Waals surface area contributed by atoms with Gasteiger partial charge in [0.25, 0.3) is 0 Å². The van der Waals surface area contributed by atoms with Crippen LogP contribution in [0, 0.1) is 0 Å². The van der Waals surface area contributed by atoms with E-state index in [-0.39, 0.29) is 11.6 Å². The number of nitrogens with one attached hydrogen (secondary N) is 1. The molecule has 142 valence electrons. The maximum absolute atomic E-state index is 13.1. The average Bonchev–Trinajstić information content (AvgIpc) is 3.04. The minimum absolute atomic E-state index is 0.198. The molecule has 28 heavy (non-hydrogen) atoms. The van der Waals surface area contributed by atoms with Crippen LogP contribution in [0.25, 0.3) is 11.1 Å². The van der Waals surface area contributed by atoms with Crippen LogP contribution in [0.5, 0.6) is 0 Å². The normalized spacial score (nSPS) is 14.5. The number of carbonyl (C=O) groups excluding carboxylic acids is 1. The third-order valence-corrected chi connectivity index (χ3v) is 4.79. The van der Waals surface area contributed by atoms with Crippen molar-refractivity contribution in [2.75, 3.05) is 36.8 Å². The SMILES string of the molecule is Nc1ncc(-c2cccnc2)cc1C(=O)c1cccc(N2CCCNCC2)n1. The van der Waals surface area contributed by atoms with Crippen LogP contribution in [0.4, 0.5) is 11.6 Å². The van der Waals surface area contributed by atoms with Gasteiger partial charge in [-0.3, -0.25) is 9.78 Å². The molecule has 3 N–H and O–H groups in total. The van der Waals surface area contributed by atoms with E-state index in [1.54, 1.807) is 30.7 Å². The fraction of sp³-hybridized carbons (Fsp3) is 0.238. The Hall–Kier alpha value is -3.32. The maximum Gasteiger partial charge on any atom is 0.215 e. The Morgan fingerprint density at radius 2 is 2.00 bits per heavy atom. The molecule has 3 aromatic heterocycles. The summed E-state index contributed by atoms with van der Waals surface area (Å²) in [5.41, 5.74) is 8.40. The molecule has 0 saturated carbocycles. The van der Waals surface area contributed by atoms with Crippen molar-refractivity contribution in [3.8, 4) is 11.1 Å². The van der Waals surface area contributed by atoms with E-state index < -0.39 is 0 Å². The highest BCUT2D eigenvalue weighted by atomic mass is 16.1. The van der Waals surface area contributed by atoms with E-state index in [9.17, 15) is 4.79 Å². The summed E-state index contributed by atoms with van der Waals surface area (Å²) in [6.07, 6.45) is 6.13. The van der Waals surface area contributed by atoms with Gasteiger partial charge in [0.2, 0.25) is 5.78 Å². The Balaban J connectivity index is 1.65. The smallest absolute Gasteiger partial charge is 0.215 e. The Bertz CT molecular complexity index is 968. The van der Waals surface area contributed by atoms with E-state index >= 15 is 0 Å². The molecule has 4 heterocycles. The molecule has 1 fully saturated rings. The molecule has 0 aliphatic carbocycles. The van der Waals surface area contributed by atoms with Crippen LogP contribution < -0.4 is 16.0 Å². The van der Waals surface area contributed by atoms with Gasteiger partial charge < -0.3 is 16.0 Å². The van der Waals surface area contributed by atoms with Gasteiger partial charge in [-0.25, -0.2) is 9.97 Å². The molecule has 1 aliphatic rings. The highest BCUT2D eigenvalue weighted by Gasteiger charge is 2.18. The molecule has 0 unspecified atom stereocenters. The summed E-state index contributed by atoms with van der Waals surface area (Å²) in [6, 6.07) is 11.0. The quantitative estimate of drug-likeness (QED) is 0.675. The van der Waals surface area contributed by atoms with Gasteiger partial charge in [-0.2, -0.15) is 0 Å². The van der Waals surface area contributed by atoms with E-state index in [1.165, 1.54) is 0 Å². The van der Waals surface area contributed by atoms with Crippen LogP contribution in [0.1, 0.15) is 22.5 Å². The third-order valence-electron chi connectivity index (χ3n) is 4.79. The van der Waals surface area contributed by atoms with Crippen molar-refractivity contribution in [2.45, 2.75) is 6.42 Å². The lowest BCUT2D eigenvalue weighted by molar-refractivity contribution is 0.103. The molecule has 0 amide bonds. The predicted molar refractivity (Wildman–Crippen MR) is 109 cm³/mol. The standard InChI is InChI=1S/C21H22N6O/c22-21-17(12-16(14-25-21)15-4-2-7-24-13-15)20(28)18-5-1-6-19(26-18)27-10-3-8-23-9-11-27/h1-2,4-7,12-14,23H,3,8-11H2,(H2,22,25). The Morgan fingerprint density at radius 1 is 1.07 bits per heavy atom. The first-order chi connectivity index (χ1) is 13.7. The molecule has 7 heteroatoms. The summed E-state index contributed by atoms with van der Waals surface area (Å²) in [5.74, 6) is 0.777. The van der Waals surface area contributed by atoms with E-state index in [2.05, 4.69) is 25.2 Å². The monoisotopic (exact) mass is 374 g/mol. The van der Waals surface area contributed by atoms with Crippen LogP contribution in [0.2, 0.25) is 0 Å². The topological polar surface area (TPSA) is 97.0 Å². The second kappa shape index (κ2) is 8.14. The molecule has 7 nitrogen and oxygen atoms in total. The number of nitrogen functional groups attached to an aromatic ring is 1. The Labute approximate surface area is 163 Å². The lowest BCUT2D eigenvalue weighted by Crippen LogP contribution is -2.29. The number of nitrogens with two attached hydrogens (primary N) is 1. The van der Waals surface area contributed by atoms with Crippen LogP contribution >= 0.6 is 0 Å². The average molecular weight is 374 g/mol. The molecule has 1 aliphatic heterocycles. The van der Waals surface area contributed by atoms with Gasteiger partial charge in [0, 0.05) is 49.4 Å². The van der Waals surface area contributed by atoms with Crippen molar-refractivity contribution >= 4 is 17.4 Å². The molecule has 3 aromatic rings. The summed E-state index contributed by atoms with van der Waals surface area (Å²) < 4.78 is 0. The Morgan fingerprint density at radius 3 is 2.86 bits per heavy atom. The van der Waals surface area contributed by atoms with Crippen molar-refractivity contribution in [3.63, 3.8) is 0 Å². The van der Waals surface area contributed by atoms with E-state index in [1.807, 2.05) is 24.3 Å². The molecule has 0 aromatic carbocycles. The summed E-state index contributed by atoms with van der Waals surface area (Å²) in [5, 5.41) is 3.37. The number of nitrogens with zero attached hydrogens (tertiary/aromatic N) is 4. The molecule has 0 bridgehead atoms. The molecular formula is C21H22N6O. The molecule has 0 spiro atoms. The minimum Gasteiger partial charge on any atom is -0.383 e. The lowest BCUT2D eigenvalue weighted by atomic mass is 10.0. The van der Waals surface area contributed by atoms with Crippen molar-refractivity contribution in [3.05, 3.63) is 66.2 Å². The van der Waals surface area contributed by atoms with Gasteiger partial charge in [-0.05, 0) is 37.2 Å². The van der Waals surface area contributed by atoms with Crippen LogP contribution in [-0.2, 0) is 0 Å². The van der Waals surface area contributed by atoms with Gasteiger partial charge in [0.15, 0.2) is 0 Å². The number of rotatable bonds is 4. The maximum atomic E-state index is 13.1. The summed E-state index contributed by atoms with van der Waals surface area (Å²) in [6.45, 7) is 3.69. The first kappa shape index (κ1) is 18.1. The zero-order chi connectivity index (χ0) is 19.3. The number of pyridine rings is 3. The fourth-order valence-corrected chi connectivity index (χ4v) is 3.29. The first-order valence-electron chi connectivity index (χ1n) is 9.36. The number of hydrogen-bond donors (Lipinski definition) is 2. The van der Waals surface area contributed by atoms with Gasteiger partial charge in [0.1, 0.15) is 17.3 Å². The van der Waals surface area contributed by atoms with Crippen LogP contribution in [0.3, 0.4) is 0 Å². The fourth-order valence-electron chi connectivity index (χ4n) is 3.29. The highest BCUT2D eigenvalue weighted by molar-refractivity contribution is 6.11. The molecule has 0 atom stereocenters. The molecule has 4 rings (SSSR count). The molecule has 1 saturated heterocycles. The zero-order valence-corrected chi connectivity index (χ0v) is 15.5. The molecular weight excluding hydrogens is 352 g/mol. The third kappa shape index (κ3) is 3.84. The van der Waals surface area contributed by atoms with Crippen molar-refractivity contribution < 1.29 is 4.79 Å². The second-order valence-corrected chi connectivity index (χ2v) is 6.70. The lowest BCUT2D eigenvalue weighted by Gasteiger charge is -2.21. The van der Waals surface area contributed by atoms with E-state index in [0.29, 0.717) is 11.3 Å². The number of carbonyl (C=O) groups is 1. The van der Waals surface area contributed by atoms with Crippen molar-refractivity contribution in [1.29, 1.82) is 0 Å². The number of anilines is 2. The largest absolute Gasteiger partial charge is 0.383 e. The van der Waals surface area contributed by atoms with Crippen LogP contribution in [-0.4, -0.2) is 46.9 Å². The minimum atomic E-state index is -0.231. The predicted octanol–water partition coefficient (Wildman–Crippen LogP) is 2.15. The van der Waals surface area contributed by atoms with Crippen molar-refractivity contribution in [2.24, 2.45) is 0 Å². The number of aromatic nitrogens is 3. The summed E-state index contributed by atoms with van der Waals surface area (Å²) >= 11 is 0. The van der Waals surface area contributed by atoms with Crippen LogP contribution in [0.15, 0.2) is 55.0 Å². The van der Waals surface area contributed by atoms with Crippen molar-refractivity contribution in [1.82, 2.24) is 20.3 Å². The second-order valence-electron chi connectivity index (χ2n) is 6.70. The first-order valence-corrected chi connectivity index (χ1v) is 9.36. The van der Waals surface area contributed by atoms with E-state index in [0.717, 1.165) is 49.5 Å². The van der Waals surface area contributed by atoms with Gasteiger partial charge >= 0.3 is 0 Å². The number of ketones is 1. The number of hydrogen-bond acceptors (Lipinski definition) is 7. The molecule has 0 radical (unpaired) electrons.